The maximum atomic E-state index is 13.2. The smallest absolute Gasteiger partial charge is 0.321 e. The number of benzene rings is 2. The molecule has 0 saturated carbocycles. The topological polar surface area (TPSA) is 74.3 Å². The van der Waals surface area contributed by atoms with E-state index in [-0.39, 0.29) is 23.7 Å². The van der Waals surface area contributed by atoms with E-state index in [1.807, 2.05) is 38.1 Å². The fraction of sp³-hybridized carbons (Fsp3) is 0.292. The number of urea groups is 1. The summed E-state index contributed by atoms with van der Waals surface area (Å²) in [4.78, 5) is 32.7. The molecule has 2 heterocycles. The van der Waals surface area contributed by atoms with E-state index >= 15 is 0 Å². The summed E-state index contributed by atoms with van der Waals surface area (Å²) in [5.74, 6) is -0.744. The van der Waals surface area contributed by atoms with Crippen molar-refractivity contribution in [2.75, 3.05) is 23.7 Å². The van der Waals surface area contributed by atoms with E-state index in [4.69, 9.17) is 0 Å². The minimum Gasteiger partial charge on any atom is -0.324 e. The maximum absolute atomic E-state index is 13.2. The van der Waals surface area contributed by atoms with Gasteiger partial charge in [-0.25, -0.2) is 14.2 Å². The number of amides is 3. The molecular formula is C24H25FN4O2S. The fourth-order valence-electron chi connectivity index (χ4n) is 3.83. The average Bonchev–Trinajstić information content (AvgIpc) is 3.14. The summed E-state index contributed by atoms with van der Waals surface area (Å²) in [5, 5.41) is 6.33. The monoisotopic (exact) mass is 452 g/mol. The number of carbonyl (C=O) groups excluding carboxylic acids is 2. The minimum atomic E-state index is -0.302. The molecule has 0 spiro atoms. The van der Waals surface area contributed by atoms with Gasteiger partial charge >= 0.3 is 6.03 Å². The summed E-state index contributed by atoms with van der Waals surface area (Å²) in [6.07, 6.45) is 1.48. The summed E-state index contributed by atoms with van der Waals surface area (Å²) in [6.45, 7) is 4.87. The first-order valence-electron chi connectivity index (χ1n) is 10.6. The molecule has 6 nitrogen and oxygen atoms in total. The van der Waals surface area contributed by atoms with Crippen LogP contribution in [0.15, 0.2) is 48.5 Å². The van der Waals surface area contributed by atoms with E-state index in [0.29, 0.717) is 18.2 Å². The predicted molar refractivity (Wildman–Crippen MR) is 125 cm³/mol. The number of anilines is 2. The lowest BCUT2D eigenvalue weighted by atomic mass is 9.97. The average molecular weight is 453 g/mol. The highest BCUT2D eigenvalue weighted by molar-refractivity contribution is 7.16. The van der Waals surface area contributed by atoms with Crippen LogP contribution in [0.1, 0.15) is 23.3 Å². The van der Waals surface area contributed by atoms with Crippen molar-refractivity contribution >= 4 is 34.1 Å². The molecule has 3 aromatic rings. The second-order valence-corrected chi connectivity index (χ2v) is 9.21. The fourth-order valence-corrected chi connectivity index (χ4v) is 4.67. The number of piperidine rings is 1. The van der Waals surface area contributed by atoms with Gasteiger partial charge in [0.15, 0.2) is 5.13 Å². The first kappa shape index (κ1) is 22.0. The van der Waals surface area contributed by atoms with Gasteiger partial charge in [0.05, 0.1) is 11.6 Å². The second kappa shape index (κ2) is 9.48. The summed E-state index contributed by atoms with van der Waals surface area (Å²) in [7, 11) is 0. The minimum absolute atomic E-state index is 0.141. The third-order valence-corrected chi connectivity index (χ3v) is 6.38. The van der Waals surface area contributed by atoms with Crippen molar-refractivity contribution in [3.63, 3.8) is 0 Å². The van der Waals surface area contributed by atoms with Gasteiger partial charge in [0.1, 0.15) is 5.82 Å². The van der Waals surface area contributed by atoms with Crippen molar-refractivity contribution in [2.45, 2.75) is 26.7 Å². The van der Waals surface area contributed by atoms with Gasteiger partial charge in [-0.3, -0.25) is 4.79 Å². The summed E-state index contributed by atoms with van der Waals surface area (Å²) >= 11 is 1.39. The van der Waals surface area contributed by atoms with Crippen molar-refractivity contribution in [1.29, 1.82) is 0 Å². The molecule has 1 fully saturated rings. The number of halogens is 1. The van der Waals surface area contributed by atoms with Gasteiger partial charge in [0.25, 0.3) is 0 Å². The molecule has 32 heavy (non-hydrogen) atoms. The lowest BCUT2D eigenvalue weighted by Crippen LogP contribution is -2.45. The number of hydrogen-bond acceptors (Lipinski definition) is 4. The Morgan fingerprint density at radius 3 is 2.66 bits per heavy atom. The Morgan fingerprint density at radius 1 is 1.12 bits per heavy atom. The first-order valence-corrected chi connectivity index (χ1v) is 11.4. The number of likely N-dealkylation sites (tertiary alicyclic amines) is 1. The largest absolute Gasteiger partial charge is 0.324 e. The van der Waals surface area contributed by atoms with Gasteiger partial charge in [-0.15, -0.1) is 11.3 Å². The molecule has 3 amide bonds. The van der Waals surface area contributed by atoms with E-state index in [9.17, 15) is 14.0 Å². The number of nitrogens with zero attached hydrogens (tertiary/aromatic N) is 2. The van der Waals surface area contributed by atoms with Gasteiger partial charge in [-0.1, -0.05) is 12.1 Å². The van der Waals surface area contributed by atoms with Gasteiger partial charge in [0, 0.05) is 29.2 Å². The standard InChI is InChI=1S/C24H25FN4O2S/c1-15-5-3-7-20(13-15)26-24(31)29-12-4-6-18(14-29)22(30)28-23-27-21(16(2)32-23)17-8-10-19(25)11-9-17/h3,5,7-11,13,18H,4,6,12,14H2,1-2H3,(H,26,31)(H,27,28,30). The first-order chi connectivity index (χ1) is 15.4. The molecule has 1 aliphatic heterocycles. The van der Waals surface area contributed by atoms with Crippen LogP contribution < -0.4 is 10.6 Å². The Kier molecular flexibility index (Phi) is 6.50. The van der Waals surface area contributed by atoms with Gasteiger partial charge in [-0.2, -0.15) is 0 Å². The molecule has 4 rings (SSSR count). The number of rotatable bonds is 4. The third kappa shape index (κ3) is 5.13. The van der Waals surface area contributed by atoms with Crippen LogP contribution in [-0.4, -0.2) is 34.9 Å². The molecule has 1 saturated heterocycles. The quantitative estimate of drug-likeness (QED) is 0.553. The molecule has 2 N–H and O–H groups in total. The Labute approximate surface area is 190 Å². The molecule has 1 unspecified atom stereocenters. The molecule has 0 aliphatic carbocycles. The SMILES string of the molecule is Cc1cccc(NC(=O)N2CCCC(C(=O)Nc3nc(-c4ccc(F)cc4)c(C)s3)C2)c1. The van der Waals surface area contributed by atoms with Gasteiger partial charge in [0.2, 0.25) is 5.91 Å². The van der Waals surface area contributed by atoms with Crippen LogP contribution in [0, 0.1) is 25.6 Å². The molecule has 8 heteroatoms. The van der Waals surface area contributed by atoms with Crippen molar-refractivity contribution in [3.05, 3.63) is 64.8 Å². The van der Waals surface area contributed by atoms with Crippen LogP contribution in [0.5, 0.6) is 0 Å². The van der Waals surface area contributed by atoms with Crippen molar-refractivity contribution < 1.29 is 14.0 Å². The van der Waals surface area contributed by atoms with Gasteiger partial charge < -0.3 is 15.5 Å². The second-order valence-electron chi connectivity index (χ2n) is 8.00. The highest BCUT2D eigenvalue weighted by Crippen LogP contribution is 2.31. The lowest BCUT2D eigenvalue weighted by molar-refractivity contribution is -0.121. The van der Waals surface area contributed by atoms with Gasteiger partial charge in [-0.05, 0) is 68.7 Å². The Morgan fingerprint density at radius 2 is 1.91 bits per heavy atom. The summed E-state index contributed by atoms with van der Waals surface area (Å²) in [6, 6.07) is 13.6. The Balaban J connectivity index is 1.39. The van der Waals surface area contributed by atoms with Crippen LogP contribution in [0.2, 0.25) is 0 Å². The third-order valence-electron chi connectivity index (χ3n) is 5.49. The van der Waals surface area contributed by atoms with E-state index in [2.05, 4.69) is 15.6 Å². The molecular weight excluding hydrogens is 427 g/mol. The number of nitrogens with one attached hydrogen (secondary N) is 2. The van der Waals surface area contributed by atoms with Crippen LogP contribution in [-0.2, 0) is 4.79 Å². The summed E-state index contributed by atoms with van der Waals surface area (Å²) in [5.41, 5.74) is 3.34. The number of aryl methyl sites for hydroxylation is 2. The molecule has 1 aromatic heterocycles. The highest BCUT2D eigenvalue weighted by Gasteiger charge is 2.29. The van der Waals surface area contributed by atoms with Crippen molar-refractivity contribution in [2.24, 2.45) is 5.92 Å². The Bertz CT molecular complexity index is 1130. The maximum Gasteiger partial charge on any atom is 0.321 e. The molecule has 0 bridgehead atoms. The van der Waals surface area contributed by atoms with Crippen LogP contribution in [0.3, 0.4) is 0 Å². The number of thiazole rings is 1. The Hall–Kier alpha value is -3.26. The zero-order valence-corrected chi connectivity index (χ0v) is 18.8. The number of carbonyl (C=O) groups is 2. The number of hydrogen-bond donors (Lipinski definition) is 2. The van der Waals surface area contributed by atoms with Crippen LogP contribution in [0.4, 0.5) is 20.0 Å². The predicted octanol–water partition coefficient (Wildman–Crippen LogP) is 5.45. The lowest BCUT2D eigenvalue weighted by Gasteiger charge is -2.31. The van der Waals surface area contributed by atoms with Crippen molar-refractivity contribution in [1.82, 2.24) is 9.88 Å². The van der Waals surface area contributed by atoms with Crippen molar-refractivity contribution in [3.8, 4) is 11.3 Å². The van der Waals surface area contributed by atoms with E-state index in [1.165, 1.54) is 23.5 Å². The molecule has 1 atom stereocenters. The molecule has 1 aliphatic rings. The number of aromatic nitrogens is 1. The molecule has 0 radical (unpaired) electrons. The van der Waals surface area contributed by atoms with Crippen LogP contribution in [0.25, 0.3) is 11.3 Å². The zero-order valence-electron chi connectivity index (χ0n) is 18.0. The summed E-state index contributed by atoms with van der Waals surface area (Å²) < 4.78 is 13.2. The van der Waals surface area contributed by atoms with E-state index in [0.717, 1.165) is 40.2 Å². The normalized spacial score (nSPS) is 16.0. The zero-order chi connectivity index (χ0) is 22.7. The van der Waals surface area contributed by atoms with E-state index in [1.54, 1.807) is 17.0 Å². The molecule has 166 valence electrons. The molecule has 2 aromatic carbocycles. The highest BCUT2D eigenvalue weighted by atomic mass is 32.1. The van der Waals surface area contributed by atoms with E-state index < -0.39 is 0 Å². The van der Waals surface area contributed by atoms with Crippen LogP contribution >= 0.6 is 11.3 Å².